The van der Waals surface area contributed by atoms with Gasteiger partial charge in [0.2, 0.25) is 0 Å². The lowest BCUT2D eigenvalue weighted by Gasteiger charge is -2.25. The van der Waals surface area contributed by atoms with E-state index in [1.807, 2.05) is 25.1 Å². The monoisotopic (exact) mass is 389 g/mol. The molecular formula is C18H29Cl2N3O2. The molecule has 0 radical (unpaired) electrons. The van der Waals surface area contributed by atoms with Gasteiger partial charge >= 0.3 is 0 Å². The number of aliphatic hydroxyl groups is 1. The van der Waals surface area contributed by atoms with E-state index in [9.17, 15) is 5.11 Å². The lowest BCUT2D eigenvalue weighted by Crippen LogP contribution is -2.43. The Balaban J connectivity index is 0.00000288. The van der Waals surface area contributed by atoms with Crippen molar-refractivity contribution in [3.05, 3.63) is 30.0 Å². The van der Waals surface area contributed by atoms with Gasteiger partial charge in [0, 0.05) is 30.7 Å². The van der Waals surface area contributed by atoms with Gasteiger partial charge in [0.25, 0.3) is 0 Å². The summed E-state index contributed by atoms with van der Waals surface area (Å²) in [5.41, 5.74) is 2.07. The number of aromatic nitrogens is 1. The van der Waals surface area contributed by atoms with Crippen LogP contribution in [-0.4, -0.2) is 42.4 Å². The molecule has 0 aliphatic heterocycles. The van der Waals surface area contributed by atoms with Gasteiger partial charge in [-0.15, -0.1) is 24.8 Å². The summed E-state index contributed by atoms with van der Waals surface area (Å²) in [6.45, 7) is 7.86. The van der Waals surface area contributed by atoms with Crippen molar-refractivity contribution in [2.45, 2.75) is 32.8 Å². The molecule has 0 aliphatic rings. The Labute approximate surface area is 162 Å². The normalized spacial score (nSPS) is 12.7. The topological polar surface area (TPSA) is 66.4 Å². The maximum atomic E-state index is 10.5. The van der Waals surface area contributed by atoms with Crippen LogP contribution in [0.15, 0.2) is 24.4 Å². The molecular weight excluding hydrogens is 361 g/mol. The summed E-state index contributed by atoms with van der Waals surface area (Å²) in [4.78, 5) is 4.48. The quantitative estimate of drug-likeness (QED) is 0.602. The van der Waals surface area contributed by atoms with Crippen LogP contribution in [0.25, 0.3) is 10.9 Å². The van der Waals surface area contributed by atoms with E-state index >= 15 is 0 Å². The Morgan fingerprint density at radius 1 is 1.24 bits per heavy atom. The van der Waals surface area contributed by atoms with Crippen LogP contribution in [0.2, 0.25) is 0 Å². The second kappa shape index (κ2) is 10.7. The lowest BCUT2D eigenvalue weighted by atomic mass is 10.1. The third-order valence-corrected chi connectivity index (χ3v) is 3.86. The molecule has 1 heterocycles. The van der Waals surface area contributed by atoms with E-state index in [0.717, 1.165) is 40.9 Å². The minimum absolute atomic E-state index is 0. The molecule has 142 valence electrons. The highest BCUT2D eigenvalue weighted by atomic mass is 35.5. The second-order valence-electron chi connectivity index (χ2n) is 6.23. The minimum atomic E-state index is -0.839. The van der Waals surface area contributed by atoms with Crippen LogP contribution in [-0.2, 0) is 0 Å². The largest absolute Gasteiger partial charge is 0.497 e. The van der Waals surface area contributed by atoms with Crippen LogP contribution >= 0.6 is 24.8 Å². The van der Waals surface area contributed by atoms with E-state index in [4.69, 9.17) is 4.74 Å². The van der Waals surface area contributed by atoms with Crippen molar-refractivity contribution in [3.63, 3.8) is 0 Å². The molecule has 1 aromatic heterocycles. The number of aryl methyl sites for hydroxylation is 1. The Bertz CT molecular complexity index is 666. The van der Waals surface area contributed by atoms with Crippen LogP contribution in [0.3, 0.4) is 0 Å². The maximum absolute atomic E-state index is 10.5. The predicted molar refractivity (Wildman–Crippen MR) is 110 cm³/mol. The lowest BCUT2D eigenvalue weighted by molar-refractivity contribution is 0.0734. The van der Waals surface area contributed by atoms with E-state index in [2.05, 4.69) is 29.5 Å². The third-order valence-electron chi connectivity index (χ3n) is 3.86. The van der Waals surface area contributed by atoms with Crippen LogP contribution in [0.5, 0.6) is 5.75 Å². The molecule has 0 fully saturated rings. The number of hydrogen-bond donors (Lipinski definition) is 3. The fourth-order valence-corrected chi connectivity index (χ4v) is 2.50. The van der Waals surface area contributed by atoms with Gasteiger partial charge in [0.15, 0.2) is 0 Å². The van der Waals surface area contributed by atoms with Crippen molar-refractivity contribution in [2.75, 3.05) is 32.1 Å². The van der Waals surface area contributed by atoms with E-state index < -0.39 is 5.60 Å². The van der Waals surface area contributed by atoms with Gasteiger partial charge in [0.05, 0.1) is 23.9 Å². The Kier molecular flexibility index (Phi) is 10.1. The highest BCUT2D eigenvalue weighted by Crippen LogP contribution is 2.30. The van der Waals surface area contributed by atoms with Crippen molar-refractivity contribution >= 4 is 41.4 Å². The first-order chi connectivity index (χ1) is 11.0. The summed E-state index contributed by atoms with van der Waals surface area (Å²) >= 11 is 0. The van der Waals surface area contributed by atoms with Gasteiger partial charge in [-0.3, -0.25) is 4.98 Å². The zero-order valence-electron chi connectivity index (χ0n) is 15.3. The molecule has 0 bridgehead atoms. The van der Waals surface area contributed by atoms with Crippen molar-refractivity contribution in [2.24, 2.45) is 0 Å². The molecule has 1 atom stereocenters. The molecule has 2 aromatic rings. The number of halogens is 2. The number of nitrogens with zero attached hydrogens (tertiary/aromatic N) is 1. The standard InChI is InChI=1S/C18H27N3O2.2ClH/c1-5-7-19-11-18(3,22)12-21-16-10-14(23-4)9-15-13(2)6-8-20-17(15)16;;/h6,8-10,19,21-22H,5,7,11-12H2,1-4H3;2*1H. The van der Waals surface area contributed by atoms with Crippen molar-refractivity contribution in [1.82, 2.24) is 10.3 Å². The Morgan fingerprint density at radius 3 is 2.60 bits per heavy atom. The van der Waals surface area contributed by atoms with Gasteiger partial charge in [0.1, 0.15) is 5.75 Å². The molecule has 0 amide bonds. The van der Waals surface area contributed by atoms with Crippen molar-refractivity contribution in [1.29, 1.82) is 0 Å². The average Bonchev–Trinajstić information content (AvgIpc) is 2.53. The fourth-order valence-electron chi connectivity index (χ4n) is 2.50. The number of hydrogen-bond acceptors (Lipinski definition) is 5. The van der Waals surface area contributed by atoms with E-state index in [-0.39, 0.29) is 24.8 Å². The molecule has 0 saturated heterocycles. The number of methoxy groups -OCH3 is 1. The van der Waals surface area contributed by atoms with Crippen LogP contribution in [0.4, 0.5) is 5.69 Å². The molecule has 2 rings (SSSR count). The van der Waals surface area contributed by atoms with Crippen molar-refractivity contribution in [3.8, 4) is 5.75 Å². The zero-order chi connectivity index (χ0) is 16.9. The van der Waals surface area contributed by atoms with Gasteiger partial charge in [-0.1, -0.05) is 6.92 Å². The van der Waals surface area contributed by atoms with Crippen LogP contribution in [0.1, 0.15) is 25.8 Å². The molecule has 0 spiro atoms. The minimum Gasteiger partial charge on any atom is -0.497 e. The first-order valence-electron chi connectivity index (χ1n) is 8.07. The highest BCUT2D eigenvalue weighted by Gasteiger charge is 2.20. The summed E-state index contributed by atoms with van der Waals surface area (Å²) in [5, 5.41) is 18.1. The summed E-state index contributed by atoms with van der Waals surface area (Å²) in [7, 11) is 1.65. The summed E-state index contributed by atoms with van der Waals surface area (Å²) < 4.78 is 5.39. The number of benzene rings is 1. The molecule has 5 nitrogen and oxygen atoms in total. The molecule has 0 aliphatic carbocycles. The molecule has 1 unspecified atom stereocenters. The number of rotatable bonds is 8. The number of pyridine rings is 1. The SMILES string of the molecule is CCCNCC(C)(O)CNc1cc(OC)cc2c(C)ccnc12.Cl.Cl. The Hall–Kier alpha value is -1.27. The third kappa shape index (κ3) is 6.51. The van der Waals surface area contributed by atoms with E-state index in [1.54, 1.807) is 13.3 Å². The predicted octanol–water partition coefficient (Wildman–Crippen LogP) is 3.56. The fraction of sp³-hybridized carbons (Fsp3) is 0.500. The van der Waals surface area contributed by atoms with Crippen LogP contribution in [0, 0.1) is 6.92 Å². The van der Waals surface area contributed by atoms with Gasteiger partial charge < -0.3 is 20.5 Å². The zero-order valence-corrected chi connectivity index (χ0v) is 16.9. The Morgan fingerprint density at radius 2 is 1.96 bits per heavy atom. The van der Waals surface area contributed by atoms with E-state index in [1.165, 1.54) is 0 Å². The number of fused-ring (bicyclic) bond motifs is 1. The summed E-state index contributed by atoms with van der Waals surface area (Å²) in [6.07, 6.45) is 2.85. The average molecular weight is 390 g/mol. The van der Waals surface area contributed by atoms with E-state index in [0.29, 0.717) is 13.1 Å². The molecule has 25 heavy (non-hydrogen) atoms. The van der Waals surface area contributed by atoms with Gasteiger partial charge in [-0.25, -0.2) is 0 Å². The molecule has 1 aromatic carbocycles. The summed E-state index contributed by atoms with van der Waals surface area (Å²) in [6, 6.07) is 5.89. The van der Waals surface area contributed by atoms with Gasteiger partial charge in [-0.2, -0.15) is 0 Å². The highest BCUT2D eigenvalue weighted by molar-refractivity contribution is 5.93. The maximum Gasteiger partial charge on any atom is 0.121 e. The second-order valence-corrected chi connectivity index (χ2v) is 6.23. The molecule has 7 heteroatoms. The van der Waals surface area contributed by atoms with Crippen molar-refractivity contribution < 1.29 is 9.84 Å². The number of anilines is 1. The summed E-state index contributed by atoms with van der Waals surface area (Å²) in [5.74, 6) is 0.778. The van der Waals surface area contributed by atoms with Crippen LogP contribution < -0.4 is 15.4 Å². The smallest absolute Gasteiger partial charge is 0.121 e. The number of ether oxygens (including phenoxy) is 1. The first kappa shape index (κ1) is 23.7. The van der Waals surface area contributed by atoms with Gasteiger partial charge in [-0.05, 0) is 44.5 Å². The molecule has 0 saturated carbocycles. The molecule has 3 N–H and O–H groups in total. The number of nitrogens with one attached hydrogen (secondary N) is 2. The first-order valence-corrected chi connectivity index (χ1v) is 8.07.